The second-order valence-corrected chi connectivity index (χ2v) is 10.3. The molecule has 0 spiro atoms. The fraction of sp³-hybridized carbons (Fsp3) is 0.640. The third kappa shape index (κ3) is 6.24. The van der Waals surface area contributed by atoms with Crippen LogP contribution in [0.15, 0.2) is 24.3 Å². The smallest absolute Gasteiger partial charge is 0.325 e. The van der Waals surface area contributed by atoms with Crippen LogP contribution in [0.25, 0.3) is 0 Å². The number of ether oxygens (including phenoxy) is 2. The maximum absolute atomic E-state index is 12.7. The van der Waals surface area contributed by atoms with Crippen LogP contribution in [0.5, 0.6) is 5.75 Å². The van der Waals surface area contributed by atoms with E-state index in [0.717, 1.165) is 32.1 Å². The summed E-state index contributed by atoms with van der Waals surface area (Å²) in [5.41, 5.74) is 0.779. The number of carbonyl (C=O) groups excluding carboxylic acids is 3. The Morgan fingerprint density at radius 1 is 1.12 bits per heavy atom. The molecule has 2 bridgehead atoms. The molecule has 2 aliphatic rings. The summed E-state index contributed by atoms with van der Waals surface area (Å²) >= 11 is 0. The van der Waals surface area contributed by atoms with Crippen molar-refractivity contribution in [2.24, 2.45) is 10.8 Å². The van der Waals surface area contributed by atoms with E-state index in [1.54, 1.807) is 24.3 Å². The van der Waals surface area contributed by atoms with Crippen molar-refractivity contribution in [2.75, 3.05) is 26.3 Å². The van der Waals surface area contributed by atoms with Gasteiger partial charge < -0.3 is 19.7 Å². The summed E-state index contributed by atoms with van der Waals surface area (Å²) in [4.78, 5) is 38.9. The summed E-state index contributed by atoms with van der Waals surface area (Å²) in [6.07, 6.45) is 5.11. The van der Waals surface area contributed by atoms with Gasteiger partial charge in [0.15, 0.2) is 6.61 Å². The predicted molar refractivity (Wildman–Crippen MR) is 121 cm³/mol. The Bertz CT molecular complexity index is 835. The summed E-state index contributed by atoms with van der Waals surface area (Å²) in [5, 5.41) is 2.54. The number of benzene rings is 1. The van der Waals surface area contributed by atoms with E-state index in [2.05, 4.69) is 33.0 Å². The Balaban J connectivity index is 1.40. The highest BCUT2D eigenvalue weighted by Crippen LogP contribution is 2.52. The molecule has 2 atom stereocenters. The highest BCUT2D eigenvalue weighted by molar-refractivity contribution is 5.96. The molecule has 1 heterocycles. The van der Waals surface area contributed by atoms with Crippen molar-refractivity contribution in [3.8, 4) is 5.75 Å². The van der Waals surface area contributed by atoms with Gasteiger partial charge in [-0.05, 0) is 60.8 Å². The van der Waals surface area contributed by atoms with Crippen LogP contribution in [-0.2, 0) is 14.3 Å². The Morgan fingerprint density at radius 2 is 1.84 bits per heavy atom. The van der Waals surface area contributed by atoms with E-state index in [1.807, 2.05) is 4.90 Å². The normalized spacial score (nSPS) is 23.5. The molecule has 7 nitrogen and oxygen atoms in total. The lowest BCUT2D eigenvalue weighted by Gasteiger charge is -2.39. The minimum atomic E-state index is -0.625. The molecule has 7 heteroatoms. The fourth-order valence-electron chi connectivity index (χ4n) is 5.32. The van der Waals surface area contributed by atoms with Gasteiger partial charge in [-0.3, -0.25) is 14.4 Å². The van der Waals surface area contributed by atoms with E-state index in [0.29, 0.717) is 24.5 Å². The van der Waals surface area contributed by atoms with Crippen molar-refractivity contribution in [3.05, 3.63) is 29.8 Å². The van der Waals surface area contributed by atoms with Gasteiger partial charge in [0.1, 0.15) is 12.3 Å². The lowest BCUT2D eigenvalue weighted by Crippen LogP contribution is -2.40. The zero-order chi connectivity index (χ0) is 23.4. The Hall–Kier alpha value is -2.57. The van der Waals surface area contributed by atoms with Gasteiger partial charge in [0.25, 0.3) is 11.8 Å². The van der Waals surface area contributed by atoms with Crippen molar-refractivity contribution in [1.29, 1.82) is 0 Å². The molecule has 1 aromatic rings. The third-order valence-electron chi connectivity index (χ3n) is 6.37. The van der Waals surface area contributed by atoms with Gasteiger partial charge in [-0.15, -0.1) is 0 Å². The Morgan fingerprint density at radius 3 is 2.53 bits per heavy atom. The number of nitrogens with zero attached hydrogens (tertiary/aromatic N) is 1. The molecule has 1 aromatic carbocycles. The lowest BCUT2D eigenvalue weighted by molar-refractivity contribution is -0.151. The number of fused-ring (bicyclic) bond motifs is 2. The standard InChI is InChI=1S/C25H36N2O5/c1-5-6-11-31-20-9-7-18(8-10-20)23(30)26-14-22(29)32-15-21(28)27-17-25(4)13-19(27)12-24(2,3)16-25/h7-10,19H,5-6,11-17H2,1-4H3,(H,26,30). The number of hydrogen-bond acceptors (Lipinski definition) is 5. The number of nitrogens with one attached hydrogen (secondary N) is 1. The first kappa shape index (κ1) is 24.1. The zero-order valence-corrected chi connectivity index (χ0v) is 19.7. The maximum atomic E-state index is 12.7. The monoisotopic (exact) mass is 444 g/mol. The number of rotatable bonds is 9. The molecule has 1 aliphatic heterocycles. The molecule has 1 saturated carbocycles. The summed E-state index contributed by atoms with van der Waals surface area (Å²) in [5.74, 6) is -0.455. The number of carbonyl (C=O) groups is 3. The van der Waals surface area contributed by atoms with Crippen molar-refractivity contribution in [3.63, 3.8) is 0 Å². The third-order valence-corrected chi connectivity index (χ3v) is 6.37. The van der Waals surface area contributed by atoms with Gasteiger partial charge in [0.2, 0.25) is 0 Å². The number of esters is 1. The van der Waals surface area contributed by atoms with Gasteiger partial charge in [0.05, 0.1) is 6.61 Å². The van der Waals surface area contributed by atoms with Crippen LogP contribution >= 0.6 is 0 Å². The highest BCUT2D eigenvalue weighted by atomic mass is 16.5. The van der Waals surface area contributed by atoms with Crippen LogP contribution in [0.1, 0.15) is 70.2 Å². The fourth-order valence-corrected chi connectivity index (χ4v) is 5.32. The molecule has 3 rings (SSSR count). The minimum absolute atomic E-state index is 0.136. The average Bonchev–Trinajstić information content (AvgIpc) is 2.99. The molecular weight excluding hydrogens is 408 g/mol. The van der Waals surface area contributed by atoms with E-state index < -0.39 is 5.97 Å². The number of amides is 2. The predicted octanol–water partition coefficient (Wildman–Crippen LogP) is 3.57. The van der Waals surface area contributed by atoms with Crippen LogP contribution in [0.2, 0.25) is 0 Å². The number of hydrogen-bond donors (Lipinski definition) is 1. The largest absolute Gasteiger partial charge is 0.494 e. The van der Waals surface area contributed by atoms with Crippen molar-refractivity contribution in [1.82, 2.24) is 10.2 Å². The molecule has 2 amide bonds. The van der Waals surface area contributed by atoms with Crippen LogP contribution < -0.4 is 10.1 Å². The molecule has 2 fully saturated rings. The second kappa shape index (κ2) is 9.92. The van der Waals surface area contributed by atoms with Crippen molar-refractivity contribution >= 4 is 17.8 Å². The summed E-state index contributed by atoms with van der Waals surface area (Å²) in [6, 6.07) is 6.98. The molecular formula is C25H36N2O5. The quantitative estimate of drug-likeness (QED) is 0.465. The summed E-state index contributed by atoms with van der Waals surface area (Å²) in [6.45, 7) is 9.62. The van der Waals surface area contributed by atoms with Crippen LogP contribution in [0, 0.1) is 10.8 Å². The van der Waals surface area contributed by atoms with Gasteiger partial charge in [-0.25, -0.2) is 0 Å². The van der Waals surface area contributed by atoms with Gasteiger partial charge in [0, 0.05) is 18.2 Å². The maximum Gasteiger partial charge on any atom is 0.325 e. The molecule has 1 saturated heterocycles. The Kier molecular flexibility index (Phi) is 7.47. The van der Waals surface area contributed by atoms with Crippen molar-refractivity contribution < 1.29 is 23.9 Å². The number of likely N-dealkylation sites (tertiary alicyclic amines) is 1. The van der Waals surface area contributed by atoms with Gasteiger partial charge in [-0.1, -0.05) is 34.1 Å². The van der Waals surface area contributed by atoms with E-state index in [-0.39, 0.29) is 41.8 Å². The molecule has 0 aromatic heterocycles. The van der Waals surface area contributed by atoms with Crippen LogP contribution in [0.3, 0.4) is 0 Å². The molecule has 32 heavy (non-hydrogen) atoms. The van der Waals surface area contributed by atoms with Gasteiger partial charge in [-0.2, -0.15) is 0 Å². The first-order valence-corrected chi connectivity index (χ1v) is 11.6. The Labute approximate surface area is 190 Å². The van der Waals surface area contributed by atoms with E-state index in [1.165, 1.54) is 0 Å². The lowest BCUT2D eigenvalue weighted by atomic mass is 9.65. The molecule has 0 radical (unpaired) electrons. The molecule has 1 N–H and O–H groups in total. The van der Waals surface area contributed by atoms with Crippen LogP contribution in [-0.4, -0.2) is 55.0 Å². The highest BCUT2D eigenvalue weighted by Gasteiger charge is 2.50. The topological polar surface area (TPSA) is 84.9 Å². The first-order chi connectivity index (χ1) is 15.1. The second-order valence-electron chi connectivity index (χ2n) is 10.3. The van der Waals surface area contributed by atoms with E-state index in [9.17, 15) is 14.4 Å². The molecule has 1 aliphatic carbocycles. The van der Waals surface area contributed by atoms with Crippen LogP contribution in [0.4, 0.5) is 0 Å². The molecule has 2 unspecified atom stereocenters. The summed E-state index contributed by atoms with van der Waals surface area (Å²) < 4.78 is 10.7. The minimum Gasteiger partial charge on any atom is -0.494 e. The van der Waals surface area contributed by atoms with E-state index >= 15 is 0 Å². The van der Waals surface area contributed by atoms with Gasteiger partial charge >= 0.3 is 5.97 Å². The zero-order valence-electron chi connectivity index (χ0n) is 19.7. The van der Waals surface area contributed by atoms with E-state index in [4.69, 9.17) is 9.47 Å². The average molecular weight is 445 g/mol. The van der Waals surface area contributed by atoms with Crippen molar-refractivity contribution in [2.45, 2.75) is 65.8 Å². The SMILES string of the molecule is CCCCOc1ccc(C(=O)NCC(=O)OCC(=O)N2CC3(C)CC2CC(C)(C)C3)cc1. The summed E-state index contributed by atoms with van der Waals surface area (Å²) in [7, 11) is 0. The number of unbranched alkanes of at least 4 members (excludes halogenated alkanes) is 1. The first-order valence-electron chi connectivity index (χ1n) is 11.6. The molecule has 176 valence electrons.